The topological polar surface area (TPSA) is 63.9 Å². The van der Waals surface area contributed by atoms with Crippen molar-refractivity contribution in [3.63, 3.8) is 0 Å². The molecule has 0 saturated carbocycles. The predicted octanol–water partition coefficient (Wildman–Crippen LogP) is 2.98. The van der Waals surface area contributed by atoms with Gasteiger partial charge in [-0.25, -0.2) is 8.78 Å². The van der Waals surface area contributed by atoms with Crippen LogP contribution in [0, 0.1) is 11.6 Å². The molecule has 3 aromatic rings. The van der Waals surface area contributed by atoms with Gasteiger partial charge in [0.05, 0.1) is 17.5 Å². The zero-order valence-corrected chi connectivity index (χ0v) is 14.5. The molecular weight excluding hydrogens is 360 g/mol. The molecule has 1 atom stereocenters. The van der Waals surface area contributed by atoms with Crippen LogP contribution in [0.2, 0.25) is 0 Å². The summed E-state index contributed by atoms with van der Waals surface area (Å²) in [6.07, 6.45) is 1.64. The number of carbonyl (C=O) groups excluding carboxylic acids is 1. The van der Waals surface area contributed by atoms with E-state index in [-0.39, 0.29) is 17.5 Å². The van der Waals surface area contributed by atoms with Crippen LogP contribution < -0.4 is 0 Å². The Morgan fingerprint density at radius 3 is 2.92 bits per heavy atom. The van der Waals surface area contributed by atoms with Gasteiger partial charge in [-0.2, -0.15) is 4.80 Å². The smallest absolute Gasteiger partial charge is 0.254 e. The van der Waals surface area contributed by atoms with E-state index in [2.05, 4.69) is 15.4 Å². The third-order valence-electron chi connectivity index (χ3n) is 4.37. The van der Waals surface area contributed by atoms with Gasteiger partial charge in [0.25, 0.3) is 5.91 Å². The maximum atomic E-state index is 13.4. The molecule has 4 rings (SSSR count). The van der Waals surface area contributed by atoms with E-state index in [4.69, 9.17) is 0 Å². The van der Waals surface area contributed by atoms with Gasteiger partial charge >= 0.3 is 0 Å². The maximum absolute atomic E-state index is 13.4. The lowest BCUT2D eigenvalue weighted by molar-refractivity contribution is 0.0717. The second-order valence-electron chi connectivity index (χ2n) is 6.07. The second-order valence-corrected chi connectivity index (χ2v) is 7.02. The maximum Gasteiger partial charge on any atom is 0.254 e. The van der Waals surface area contributed by atoms with Crippen LogP contribution in [0.15, 0.2) is 35.7 Å². The molecule has 0 bridgehead atoms. The van der Waals surface area contributed by atoms with Crippen molar-refractivity contribution in [2.24, 2.45) is 0 Å². The molecule has 1 aromatic carbocycles. The SMILES string of the molecule is O=C(c1ccc(F)c(F)c1)N1CCC[C@@H]1Cn1nnc(-c2cccs2)n1. The molecule has 1 amide bonds. The zero-order chi connectivity index (χ0) is 18.1. The van der Waals surface area contributed by atoms with Crippen LogP contribution in [-0.2, 0) is 6.54 Å². The number of likely N-dealkylation sites (tertiary alicyclic amines) is 1. The van der Waals surface area contributed by atoms with E-state index < -0.39 is 11.6 Å². The van der Waals surface area contributed by atoms with Crippen molar-refractivity contribution in [3.8, 4) is 10.7 Å². The zero-order valence-electron chi connectivity index (χ0n) is 13.7. The number of halogens is 2. The Kier molecular flexibility index (Phi) is 4.46. The van der Waals surface area contributed by atoms with Crippen molar-refractivity contribution < 1.29 is 13.6 Å². The van der Waals surface area contributed by atoms with Crippen LogP contribution in [0.1, 0.15) is 23.2 Å². The van der Waals surface area contributed by atoms with E-state index in [1.807, 2.05) is 17.5 Å². The van der Waals surface area contributed by atoms with Crippen LogP contribution in [0.25, 0.3) is 10.7 Å². The van der Waals surface area contributed by atoms with Crippen LogP contribution in [-0.4, -0.2) is 43.6 Å². The fourth-order valence-electron chi connectivity index (χ4n) is 3.10. The highest BCUT2D eigenvalue weighted by atomic mass is 32.1. The van der Waals surface area contributed by atoms with Gasteiger partial charge < -0.3 is 4.90 Å². The summed E-state index contributed by atoms with van der Waals surface area (Å²) >= 11 is 1.53. The molecule has 6 nitrogen and oxygen atoms in total. The average molecular weight is 375 g/mol. The Bertz CT molecular complexity index is 927. The largest absolute Gasteiger partial charge is 0.334 e. The summed E-state index contributed by atoms with van der Waals surface area (Å²) < 4.78 is 26.5. The number of rotatable bonds is 4. The minimum absolute atomic E-state index is 0.110. The number of carbonyl (C=O) groups is 1. The number of hydrogen-bond donors (Lipinski definition) is 0. The number of nitrogens with zero attached hydrogens (tertiary/aromatic N) is 5. The van der Waals surface area contributed by atoms with E-state index in [0.717, 1.165) is 29.9 Å². The van der Waals surface area contributed by atoms with E-state index in [1.54, 1.807) is 4.90 Å². The highest BCUT2D eigenvalue weighted by Crippen LogP contribution is 2.23. The number of hydrogen-bond acceptors (Lipinski definition) is 5. The Morgan fingerprint density at radius 2 is 2.15 bits per heavy atom. The Hall–Kier alpha value is -2.68. The van der Waals surface area contributed by atoms with Gasteiger partial charge in [0, 0.05) is 12.1 Å². The van der Waals surface area contributed by atoms with Gasteiger partial charge in [-0.05, 0) is 47.7 Å². The van der Waals surface area contributed by atoms with Crippen molar-refractivity contribution in [1.29, 1.82) is 0 Å². The monoisotopic (exact) mass is 375 g/mol. The van der Waals surface area contributed by atoms with Gasteiger partial charge in [0.2, 0.25) is 5.82 Å². The molecule has 0 N–H and O–H groups in total. The first-order chi connectivity index (χ1) is 12.6. The molecule has 0 aliphatic carbocycles. The summed E-state index contributed by atoms with van der Waals surface area (Å²) in [5.41, 5.74) is 0.140. The Morgan fingerprint density at radius 1 is 1.27 bits per heavy atom. The predicted molar refractivity (Wildman–Crippen MR) is 91.5 cm³/mol. The van der Waals surface area contributed by atoms with Gasteiger partial charge in [-0.3, -0.25) is 4.79 Å². The molecule has 0 radical (unpaired) electrons. The first kappa shape index (κ1) is 16.8. The van der Waals surface area contributed by atoms with Crippen molar-refractivity contribution in [2.75, 3.05) is 6.54 Å². The van der Waals surface area contributed by atoms with Gasteiger partial charge in [-0.15, -0.1) is 21.5 Å². The quantitative estimate of drug-likeness (QED) is 0.703. The van der Waals surface area contributed by atoms with E-state index in [9.17, 15) is 13.6 Å². The lowest BCUT2D eigenvalue weighted by Gasteiger charge is -2.24. The first-order valence-electron chi connectivity index (χ1n) is 8.19. The highest BCUT2D eigenvalue weighted by molar-refractivity contribution is 7.13. The number of tetrazole rings is 1. The molecular formula is C17H15F2N5OS. The van der Waals surface area contributed by atoms with Gasteiger partial charge in [-0.1, -0.05) is 6.07 Å². The van der Waals surface area contributed by atoms with Gasteiger partial charge in [0.1, 0.15) is 0 Å². The van der Waals surface area contributed by atoms with Crippen molar-refractivity contribution in [2.45, 2.75) is 25.4 Å². The van der Waals surface area contributed by atoms with Crippen LogP contribution in [0.3, 0.4) is 0 Å². The number of amides is 1. The Balaban J connectivity index is 1.50. The summed E-state index contributed by atoms with van der Waals surface area (Å²) in [4.78, 5) is 16.8. The minimum Gasteiger partial charge on any atom is -0.334 e. The minimum atomic E-state index is -1.02. The molecule has 1 aliphatic heterocycles. The molecule has 1 aliphatic rings. The standard InChI is InChI=1S/C17H15F2N5OS/c18-13-6-5-11(9-14(13)19)17(25)23-7-1-3-12(23)10-24-21-16(20-22-24)15-4-2-8-26-15/h2,4-6,8-9,12H,1,3,7,10H2/t12-/m1/s1. The lowest BCUT2D eigenvalue weighted by atomic mass is 10.1. The molecule has 3 heterocycles. The Labute approximate surface area is 152 Å². The normalized spacial score (nSPS) is 17.0. The molecule has 26 heavy (non-hydrogen) atoms. The average Bonchev–Trinajstić information content (AvgIpc) is 3.37. The van der Waals surface area contributed by atoms with E-state index in [0.29, 0.717) is 18.9 Å². The van der Waals surface area contributed by atoms with Crippen LogP contribution in [0.5, 0.6) is 0 Å². The fraction of sp³-hybridized carbons (Fsp3) is 0.294. The molecule has 0 unspecified atom stereocenters. The highest BCUT2D eigenvalue weighted by Gasteiger charge is 2.30. The number of benzene rings is 1. The number of thiophene rings is 1. The van der Waals surface area contributed by atoms with Crippen molar-refractivity contribution >= 4 is 17.2 Å². The lowest BCUT2D eigenvalue weighted by Crippen LogP contribution is -2.38. The van der Waals surface area contributed by atoms with E-state index in [1.165, 1.54) is 22.2 Å². The van der Waals surface area contributed by atoms with Gasteiger partial charge in [0.15, 0.2) is 11.6 Å². The molecule has 0 spiro atoms. The van der Waals surface area contributed by atoms with Crippen LogP contribution >= 0.6 is 11.3 Å². The van der Waals surface area contributed by atoms with Crippen molar-refractivity contribution in [1.82, 2.24) is 25.1 Å². The molecule has 2 aromatic heterocycles. The number of aromatic nitrogens is 4. The molecule has 9 heteroatoms. The van der Waals surface area contributed by atoms with Crippen LogP contribution in [0.4, 0.5) is 8.78 Å². The summed E-state index contributed by atoms with van der Waals surface area (Å²) in [7, 11) is 0. The van der Waals surface area contributed by atoms with E-state index >= 15 is 0 Å². The third kappa shape index (κ3) is 3.22. The third-order valence-corrected chi connectivity index (χ3v) is 5.24. The first-order valence-corrected chi connectivity index (χ1v) is 9.07. The second kappa shape index (κ2) is 6.91. The fourth-order valence-corrected chi connectivity index (χ4v) is 3.75. The summed E-state index contributed by atoms with van der Waals surface area (Å²) in [6.45, 7) is 0.975. The summed E-state index contributed by atoms with van der Waals surface area (Å²) in [5, 5.41) is 14.4. The summed E-state index contributed by atoms with van der Waals surface area (Å²) in [5.74, 6) is -1.75. The molecule has 134 valence electrons. The molecule has 1 saturated heterocycles. The molecule has 1 fully saturated rings. The summed E-state index contributed by atoms with van der Waals surface area (Å²) in [6, 6.07) is 6.94. The van der Waals surface area contributed by atoms with Crippen molar-refractivity contribution in [3.05, 3.63) is 52.9 Å².